The Labute approximate surface area is 130 Å². The van der Waals surface area contributed by atoms with Gasteiger partial charge in [-0.1, -0.05) is 22.0 Å². The first-order valence-electron chi connectivity index (χ1n) is 6.09. The van der Waals surface area contributed by atoms with Gasteiger partial charge in [0.05, 0.1) is 0 Å². The summed E-state index contributed by atoms with van der Waals surface area (Å²) in [5.74, 6) is -0.810. The first-order chi connectivity index (χ1) is 10.1. The molecule has 0 radical (unpaired) electrons. The van der Waals surface area contributed by atoms with Crippen molar-refractivity contribution in [2.24, 2.45) is 0 Å². The average Bonchev–Trinajstić information content (AvgIpc) is 2.52. The number of hydrogen-bond acceptors (Lipinski definition) is 3. The molecule has 106 valence electrons. The standard InChI is InChI=1S/C15H12BrN3O2/c16-13-6-4-12(5-7-13)15(21)19-18-14(20)8-3-11-2-1-9-17-10-11/h1-10H,(H,18,20)(H,19,21)/b8-3+. The molecule has 2 rings (SSSR count). The highest BCUT2D eigenvalue weighted by molar-refractivity contribution is 9.10. The van der Waals surface area contributed by atoms with Crippen LogP contribution < -0.4 is 10.9 Å². The van der Waals surface area contributed by atoms with Gasteiger partial charge < -0.3 is 0 Å². The van der Waals surface area contributed by atoms with E-state index in [0.29, 0.717) is 5.56 Å². The van der Waals surface area contributed by atoms with Crippen LogP contribution in [0.3, 0.4) is 0 Å². The van der Waals surface area contributed by atoms with Gasteiger partial charge in [-0.3, -0.25) is 25.4 Å². The molecule has 0 aliphatic heterocycles. The number of hydrazine groups is 1. The number of halogens is 1. The van der Waals surface area contributed by atoms with E-state index in [1.54, 1.807) is 48.8 Å². The van der Waals surface area contributed by atoms with Crippen molar-refractivity contribution in [1.82, 2.24) is 15.8 Å². The molecule has 0 saturated heterocycles. The highest BCUT2D eigenvalue weighted by Crippen LogP contribution is 2.10. The highest BCUT2D eigenvalue weighted by atomic mass is 79.9. The highest BCUT2D eigenvalue weighted by Gasteiger charge is 2.05. The minimum absolute atomic E-state index is 0.384. The van der Waals surface area contributed by atoms with E-state index in [9.17, 15) is 9.59 Å². The quantitative estimate of drug-likeness (QED) is 0.662. The van der Waals surface area contributed by atoms with Crippen molar-refractivity contribution in [3.63, 3.8) is 0 Å². The number of aromatic nitrogens is 1. The SMILES string of the molecule is O=C(/C=C/c1cccnc1)NNC(=O)c1ccc(Br)cc1. The van der Waals surface area contributed by atoms with Crippen LogP contribution in [0.4, 0.5) is 0 Å². The van der Waals surface area contributed by atoms with Crippen LogP contribution in [0.2, 0.25) is 0 Å². The van der Waals surface area contributed by atoms with Gasteiger partial charge in [-0.05, 0) is 42.0 Å². The second-order valence-electron chi connectivity index (χ2n) is 4.07. The Balaban J connectivity index is 1.85. The lowest BCUT2D eigenvalue weighted by molar-refractivity contribution is -0.117. The number of nitrogens with one attached hydrogen (secondary N) is 2. The first-order valence-corrected chi connectivity index (χ1v) is 6.88. The van der Waals surface area contributed by atoms with Crippen LogP contribution in [0.15, 0.2) is 59.3 Å². The van der Waals surface area contributed by atoms with Crippen molar-refractivity contribution < 1.29 is 9.59 Å². The number of carbonyl (C=O) groups is 2. The number of carbonyl (C=O) groups excluding carboxylic acids is 2. The minimum atomic E-state index is -0.427. The Morgan fingerprint density at radius 2 is 1.86 bits per heavy atom. The Bertz CT molecular complexity index is 654. The summed E-state index contributed by atoms with van der Waals surface area (Å²) in [6.45, 7) is 0. The third kappa shape index (κ3) is 4.85. The average molecular weight is 346 g/mol. The second-order valence-corrected chi connectivity index (χ2v) is 4.99. The van der Waals surface area contributed by atoms with Crippen LogP contribution >= 0.6 is 15.9 Å². The van der Waals surface area contributed by atoms with Gasteiger partial charge in [-0.15, -0.1) is 0 Å². The van der Waals surface area contributed by atoms with Gasteiger partial charge in [-0.25, -0.2) is 0 Å². The summed E-state index contributed by atoms with van der Waals surface area (Å²) in [4.78, 5) is 27.3. The van der Waals surface area contributed by atoms with Crippen LogP contribution in [0, 0.1) is 0 Å². The molecular formula is C15H12BrN3O2. The maximum Gasteiger partial charge on any atom is 0.269 e. The fourth-order valence-corrected chi connectivity index (χ4v) is 1.74. The van der Waals surface area contributed by atoms with Crippen molar-refractivity contribution >= 4 is 33.8 Å². The van der Waals surface area contributed by atoms with Crippen LogP contribution in [0.5, 0.6) is 0 Å². The lowest BCUT2D eigenvalue weighted by atomic mass is 10.2. The predicted molar refractivity (Wildman–Crippen MR) is 83.0 cm³/mol. The zero-order chi connectivity index (χ0) is 15.1. The van der Waals surface area contributed by atoms with Gasteiger partial charge >= 0.3 is 0 Å². The van der Waals surface area contributed by atoms with Crippen molar-refractivity contribution in [1.29, 1.82) is 0 Å². The molecule has 1 aromatic heterocycles. The Morgan fingerprint density at radius 3 is 2.52 bits per heavy atom. The molecule has 1 aromatic carbocycles. The maximum absolute atomic E-state index is 11.8. The van der Waals surface area contributed by atoms with Crippen molar-refractivity contribution in [2.75, 3.05) is 0 Å². The largest absolute Gasteiger partial charge is 0.269 e. The molecule has 0 bridgehead atoms. The zero-order valence-corrected chi connectivity index (χ0v) is 12.5. The van der Waals surface area contributed by atoms with E-state index in [0.717, 1.165) is 10.0 Å². The van der Waals surface area contributed by atoms with Crippen LogP contribution in [0.1, 0.15) is 15.9 Å². The summed E-state index contributed by atoms with van der Waals surface area (Å²) in [7, 11) is 0. The van der Waals surface area contributed by atoms with Crippen molar-refractivity contribution in [3.05, 3.63) is 70.5 Å². The van der Waals surface area contributed by atoms with Crippen LogP contribution in [0.25, 0.3) is 6.08 Å². The van der Waals surface area contributed by atoms with Crippen LogP contribution in [-0.4, -0.2) is 16.8 Å². The van der Waals surface area contributed by atoms with E-state index in [1.807, 2.05) is 6.07 Å². The smallest absolute Gasteiger partial charge is 0.268 e. The molecule has 5 nitrogen and oxygen atoms in total. The summed E-state index contributed by atoms with van der Waals surface area (Å²) in [6, 6.07) is 10.4. The first kappa shape index (κ1) is 14.9. The minimum Gasteiger partial charge on any atom is -0.268 e. The molecule has 0 fully saturated rings. The zero-order valence-electron chi connectivity index (χ0n) is 10.9. The van der Waals surface area contributed by atoms with Gasteiger partial charge in [0.2, 0.25) is 0 Å². The molecule has 1 heterocycles. The molecular weight excluding hydrogens is 334 g/mol. The van der Waals surface area contributed by atoms with E-state index < -0.39 is 5.91 Å². The third-order valence-corrected chi connectivity index (χ3v) is 3.05. The van der Waals surface area contributed by atoms with E-state index in [4.69, 9.17) is 0 Å². The monoisotopic (exact) mass is 345 g/mol. The summed E-state index contributed by atoms with van der Waals surface area (Å²) in [5.41, 5.74) is 5.89. The van der Waals surface area contributed by atoms with E-state index >= 15 is 0 Å². The molecule has 0 atom stereocenters. The number of benzene rings is 1. The molecule has 0 aliphatic rings. The Hall–Kier alpha value is -2.47. The van der Waals surface area contributed by atoms with E-state index in [1.165, 1.54) is 6.08 Å². The van der Waals surface area contributed by atoms with E-state index in [2.05, 4.69) is 31.8 Å². The number of rotatable bonds is 3. The molecule has 2 N–H and O–H groups in total. The lowest BCUT2D eigenvalue weighted by Gasteiger charge is -2.05. The van der Waals surface area contributed by atoms with E-state index in [-0.39, 0.29) is 5.91 Å². The summed E-state index contributed by atoms with van der Waals surface area (Å²) in [6.07, 6.45) is 6.20. The fraction of sp³-hybridized carbons (Fsp3) is 0. The predicted octanol–water partition coefficient (Wildman–Crippen LogP) is 2.32. The Morgan fingerprint density at radius 1 is 1.10 bits per heavy atom. The van der Waals surface area contributed by atoms with Crippen molar-refractivity contribution in [3.8, 4) is 0 Å². The van der Waals surface area contributed by atoms with Gasteiger partial charge in [0, 0.05) is 28.5 Å². The molecule has 0 aliphatic carbocycles. The number of amides is 2. The van der Waals surface area contributed by atoms with Crippen LogP contribution in [-0.2, 0) is 4.79 Å². The normalized spacial score (nSPS) is 10.3. The lowest BCUT2D eigenvalue weighted by Crippen LogP contribution is -2.40. The third-order valence-electron chi connectivity index (χ3n) is 2.52. The Kier molecular flexibility index (Phi) is 5.22. The number of pyridine rings is 1. The molecule has 0 unspecified atom stereocenters. The molecule has 2 aromatic rings. The van der Waals surface area contributed by atoms with Crippen molar-refractivity contribution in [2.45, 2.75) is 0 Å². The summed E-state index contributed by atoms with van der Waals surface area (Å²) >= 11 is 3.28. The van der Waals surface area contributed by atoms with Gasteiger partial charge in [0.15, 0.2) is 0 Å². The molecule has 2 amide bonds. The molecule has 0 spiro atoms. The topological polar surface area (TPSA) is 71.1 Å². The second kappa shape index (κ2) is 7.35. The maximum atomic E-state index is 11.8. The molecule has 0 saturated carbocycles. The molecule has 21 heavy (non-hydrogen) atoms. The fourth-order valence-electron chi connectivity index (χ4n) is 1.48. The summed E-state index contributed by atoms with van der Waals surface area (Å²) in [5, 5.41) is 0. The number of hydrogen-bond donors (Lipinski definition) is 2. The van der Waals surface area contributed by atoms with Gasteiger partial charge in [-0.2, -0.15) is 0 Å². The summed E-state index contributed by atoms with van der Waals surface area (Å²) < 4.78 is 0.877. The van der Waals surface area contributed by atoms with Gasteiger partial charge in [0.25, 0.3) is 11.8 Å². The number of nitrogens with zero attached hydrogens (tertiary/aromatic N) is 1. The molecule has 6 heteroatoms. The van der Waals surface area contributed by atoms with Gasteiger partial charge in [0.1, 0.15) is 0 Å².